The highest BCUT2D eigenvalue weighted by Crippen LogP contribution is 2.36. The summed E-state index contributed by atoms with van der Waals surface area (Å²) in [6.45, 7) is 0. The summed E-state index contributed by atoms with van der Waals surface area (Å²) < 4.78 is 5.16. The van der Waals surface area contributed by atoms with Crippen LogP contribution in [0.15, 0.2) is 48.5 Å². The third-order valence-corrected chi connectivity index (χ3v) is 5.09. The molecule has 1 amide bonds. The number of hydrogen-bond donors (Lipinski definition) is 3. The molecule has 1 aliphatic rings. The first-order chi connectivity index (χ1) is 12.5. The Bertz CT molecular complexity index is 747. The second-order valence-corrected chi connectivity index (χ2v) is 7.01. The molecule has 4 unspecified atom stereocenters. The first kappa shape index (κ1) is 18.7. The van der Waals surface area contributed by atoms with Crippen LogP contribution in [0.1, 0.15) is 23.5 Å². The topological polar surface area (TPSA) is 78.8 Å². The normalized spacial score (nSPS) is 25.1. The van der Waals surface area contributed by atoms with Crippen LogP contribution in [0.4, 0.5) is 0 Å². The Morgan fingerprint density at radius 1 is 1.15 bits per heavy atom. The number of aliphatic hydroxyl groups excluding tert-OH is 2. The highest BCUT2D eigenvalue weighted by molar-refractivity contribution is 6.30. The number of halogens is 1. The molecular formula is C20H22ClNO4. The van der Waals surface area contributed by atoms with Crippen molar-refractivity contribution in [2.24, 2.45) is 0 Å². The number of methoxy groups -OCH3 is 1. The van der Waals surface area contributed by atoms with Crippen molar-refractivity contribution in [1.82, 2.24) is 5.32 Å². The van der Waals surface area contributed by atoms with E-state index in [1.807, 2.05) is 24.3 Å². The number of rotatable bonds is 5. The largest absolute Gasteiger partial charge is 0.497 e. The number of amides is 1. The van der Waals surface area contributed by atoms with E-state index in [-0.39, 0.29) is 18.2 Å². The predicted octanol–water partition coefficient (Wildman–Crippen LogP) is 2.29. The van der Waals surface area contributed by atoms with Gasteiger partial charge in [0.1, 0.15) is 11.9 Å². The number of carbonyl (C=O) groups excluding carboxylic acids is 1. The summed E-state index contributed by atoms with van der Waals surface area (Å²) in [5, 5.41) is 23.9. The summed E-state index contributed by atoms with van der Waals surface area (Å²) in [5.74, 6) is 0.361. The molecule has 0 saturated heterocycles. The van der Waals surface area contributed by atoms with Gasteiger partial charge in [-0.25, -0.2) is 0 Å². The average Bonchev–Trinajstić information content (AvgIpc) is 2.92. The zero-order valence-corrected chi connectivity index (χ0v) is 15.2. The molecule has 3 N–H and O–H groups in total. The molecule has 0 radical (unpaired) electrons. The maximum absolute atomic E-state index is 12.4. The van der Waals surface area contributed by atoms with Crippen molar-refractivity contribution in [2.75, 3.05) is 7.11 Å². The standard InChI is InChI=1S/C20H22ClNO4/c1-26-15-8-4-13(5-9-15)16-11-17(23)20(25)19(16)22-18(24)10-12-2-6-14(21)7-3-12/h2-9,16-17,19-20,23,25H,10-11H2,1H3,(H,22,24). The monoisotopic (exact) mass is 375 g/mol. The van der Waals surface area contributed by atoms with Gasteiger partial charge in [0.05, 0.1) is 25.7 Å². The molecule has 4 atom stereocenters. The molecule has 5 nitrogen and oxygen atoms in total. The van der Waals surface area contributed by atoms with Gasteiger partial charge in [0.2, 0.25) is 5.91 Å². The van der Waals surface area contributed by atoms with Crippen LogP contribution in [0.25, 0.3) is 0 Å². The molecule has 0 spiro atoms. The van der Waals surface area contributed by atoms with Crippen LogP contribution in [-0.2, 0) is 11.2 Å². The molecule has 1 fully saturated rings. The summed E-state index contributed by atoms with van der Waals surface area (Å²) >= 11 is 5.86. The van der Waals surface area contributed by atoms with Crippen molar-refractivity contribution < 1.29 is 19.7 Å². The molecule has 0 aliphatic heterocycles. The van der Waals surface area contributed by atoms with Crippen molar-refractivity contribution >= 4 is 17.5 Å². The molecule has 2 aromatic carbocycles. The first-order valence-corrected chi connectivity index (χ1v) is 8.89. The number of aliphatic hydroxyl groups is 2. The summed E-state index contributed by atoms with van der Waals surface area (Å²) in [5.41, 5.74) is 1.78. The predicted molar refractivity (Wildman–Crippen MR) is 99.5 cm³/mol. The maximum atomic E-state index is 12.4. The molecule has 26 heavy (non-hydrogen) atoms. The van der Waals surface area contributed by atoms with Crippen LogP contribution in [0.3, 0.4) is 0 Å². The Hall–Kier alpha value is -2.08. The quantitative estimate of drug-likeness (QED) is 0.749. The van der Waals surface area contributed by atoms with Gasteiger partial charge in [-0.1, -0.05) is 35.9 Å². The zero-order chi connectivity index (χ0) is 18.7. The van der Waals surface area contributed by atoms with E-state index in [1.165, 1.54) is 0 Å². The molecule has 6 heteroatoms. The lowest BCUT2D eigenvalue weighted by molar-refractivity contribution is -0.122. The summed E-state index contributed by atoms with van der Waals surface area (Å²) in [4.78, 5) is 12.4. The van der Waals surface area contributed by atoms with Gasteiger partial charge < -0.3 is 20.3 Å². The molecule has 3 rings (SSSR count). The fourth-order valence-corrected chi connectivity index (χ4v) is 3.55. The van der Waals surface area contributed by atoms with Crippen molar-refractivity contribution in [3.63, 3.8) is 0 Å². The third kappa shape index (κ3) is 4.18. The summed E-state index contributed by atoms with van der Waals surface area (Å²) in [6.07, 6.45) is -1.30. The number of carbonyl (C=O) groups is 1. The molecule has 0 bridgehead atoms. The van der Waals surface area contributed by atoms with E-state index in [0.717, 1.165) is 16.9 Å². The van der Waals surface area contributed by atoms with Crippen molar-refractivity contribution in [3.8, 4) is 5.75 Å². The Kier molecular flexibility index (Phi) is 5.81. The van der Waals surface area contributed by atoms with E-state index in [9.17, 15) is 15.0 Å². The van der Waals surface area contributed by atoms with Crippen molar-refractivity contribution in [2.45, 2.75) is 37.0 Å². The first-order valence-electron chi connectivity index (χ1n) is 8.52. The van der Waals surface area contributed by atoms with Gasteiger partial charge >= 0.3 is 0 Å². The number of nitrogens with one attached hydrogen (secondary N) is 1. The minimum atomic E-state index is -1.00. The smallest absolute Gasteiger partial charge is 0.224 e. The van der Waals surface area contributed by atoms with E-state index < -0.39 is 18.2 Å². The highest BCUT2D eigenvalue weighted by Gasteiger charge is 2.43. The summed E-state index contributed by atoms with van der Waals surface area (Å²) in [6, 6.07) is 14.0. The number of benzene rings is 2. The number of ether oxygens (including phenoxy) is 1. The Morgan fingerprint density at radius 3 is 2.42 bits per heavy atom. The van der Waals surface area contributed by atoms with Crippen LogP contribution in [0.5, 0.6) is 5.75 Å². The molecule has 2 aromatic rings. The van der Waals surface area contributed by atoms with Gasteiger partial charge in [-0.2, -0.15) is 0 Å². The van der Waals surface area contributed by atoms with Crippen LogP contribution >= 0.6 is 11.6 Å². The van der Waals surface area contributed by atoms with Gasteiger partial charge in [0.25, 0.3) is 0 Å². The highest BCUT2D eigenvalue weighted by atomic mass is 35.5. The molecule has 0 heterocycles. The van der Waals surface area contributed by atoms with E-state index in [4.69, 9.17) is 16.3 Å². The SMILES string of the molecule is COc1ccc(C2CC(O)C(O)C2NC(=O)Cc2ccc(Cl)cc2)cc1. The Labute approximate surface area is 157 Å². The molecule has 138 valence electrons. The van der Waals surface area contributed by atoms with E-state index in [1.54, 1.807) is 31.4 Å². The van der Waals surface area contributed by atoms with Crippen molar-refractivity contribution in [3.05, 3.63) is 64.7 Å². The molecule has 1 saturated carbocycles. The van der Waals surface area contributed by atoms with Crippen LogP contribution < -0.4 is 10.1 Å². The second kappa shape index (κ2) is 8.08. The maximum Gasteiger partial charge on any atom is 0.224 e. The van der Waals surface area contributed by atoms with E-state index in [0.29, 0.717) is 11.4 Å². The zero-order valence-electron chi connectivity index (χ0n) is 14.4. The van der Waals surface area contributed by atoms with Gasteiger partial charge in [-0.05, 0) is 41.8 Å². The lowest BCUT2D eigenvalue weighted by Gasteiger charge is -2.24. The van der Waals surface area contributed by atoms with Crippen molar-refractivity contribution in [1.29, 1.82) is 0 Å². The fraction of sp³-hybridized carbons (Fsp3) is 0.350. The summed E-state index contributed by atoms with van der Waals surface area (Å²) in [7, 11) is 1.60. The fourth-order valence-electron chi connectivity index (χ4n) is 3.43. The second-order valence-electron chi connectivity index (χ2n) is 6.57. The lowest BCUT2D eigenvalue weighted by atomic mass is 9.93. The average molecular weight is 376 g/mol. The van der Waals surface area contributed by atoms with Crippen LogP contribution in [-0.4, -0.2) is 41.5 Å². The van der Waals surface area contributed by atoms with Gasteiger partial charge in [-0.3, -0.25) is 4.79 Å². The van der Waals surface area contributed by atoms with Gasteiger partial charge in [0.15, 0.2) is 0 Å². The minimum Gasteiger partial charge on any atom is -0.497 e. The van der Waals surface area contributed by atoms with E-state index >= 15 is 0 Å². The lowest BCUT2D eigenvalue weighted by Crippen LogP contribution is -2.45. The van der Waals surface area contributed by atoms with Gasteiger partial charge in [0, 0.05) is 10.9 Å². The minimum absolute atomic E-state index is 0.167. The van der Waals surface area contributed by atoms with Crippen LogP contribution in [0, 0.1) is 0 Å². The Morgan fingerprint density at radius 2 is 1.81 bits per heavy atom. The third-order valence-electron chi connectivity index (χ3n) is 4.84. The van der Waals surface area contributed by atoms with Gasteiger partial charge in [-0.15, -0.1) is 0 Å². The molecular weight excluding hydrogens is 354 g/mol. The Balaban J connectivity index is 1.72. The molecule has 0 aromatic heterocycles. The number of hydrogen-bond acceptors (Lipinski definition) is 4. The van der Waals surface area contributed by atoms with E-state index in [2.05, 4.69) is 5.32 Å². The van der Waals surface area contributed by atoms with Crippen LogP contribution in [0.2, 0.25) is 5.02 Å². The molecule has 1 aliphatic carbocycles.